The van der Waals surface area contributed by atoms with E-state index >= 15 is 0 Å². The molecule has 0 amide bonds. The van der Waals surface area contributed by atoms with Crippen molar-refractivity contribution in [2.45, 2.75) is 6.18 Å². The quantitative estimate of drug-likeness (QED) is 0.233. The summed E-state index contributed by atoms with van der Waals surface area (Å²) in [6.45, 7) is 0. The SMILES string of the molecule is COC(=O)/C(=C/O)C(=O)C(F)(F)F. The summed E-state index contributed by atoms with van der Waals surface area (Å²) in [6.07, 6.45) is -5.44. The van der Waals surface area contributed by atoms with Crippen LogP contribution in [0.4, 0.5) is 13.2 Å². The maximum absolute atomic E-state index is 11.7. The molecule has 0 atom stereocenters. The van der Waals surface area contributed by atoms with Gasteiger partial charge < -0.3 is 9.84 Å². The zero-order valence-corrected chi connectivity index (χ0v) is 6.38. The van der Waals surface area contributed by atoms with Gasteiger partial charge in [0.1, 0.15) is 5.57 Å². The first-order chi connectivity index (χ1) is 5.84. The predicted molar refractivity (Wildman–Crippen MR) is 33.8 cm³/mol. The van der Waals surface area contributed by atoms with Crippen LogP contribution in [0.1, 0.15) is 0 Å². The predicted octanol–water partition coefficient (Wildman–Crippen LogP) is 0.733. The minimum Gasteiger partial charge on any atom is -0.515 e. The van der Waals surface area contributed by atoms with Gasteiger partial charge in [-0.25, -0.2) is 4.79 Å². The molecule has 13 heavy (non-hydrogen) atoms. The Labute approximate surface area is 70.6 Å². The molecular formula is C6H5F3O4. The van der Waals surface area contributed by atoms with Crippen LogP contribution >= 0.6 is 0 Å². The highest BCUT2D eigenvalue weighted by Crippen LogP contribution is 2.20. The molecule has 0 heterocycles. The van der Waals surface area contributed by atoms with Crippen LogP contribution in [0.25, 0.3) is 0 Å². The molecule has 0 aromatic heterocycles. The second-order valence-corrected chi connectivity index (χ2v) is 1.86. The topological polar surface area (TPSA) is 63.6 Å². The molecular weight excluding hydrogens is 193 g/mol. The molecule has 0 unspecified atom stereocenters. The van der Waals surface area contributed by atoms with Crippen molar-refractivity contribution in [2.24, 2.45) is 0 Å². The van der Waals surface area contributed by atoms with E-state index < -0.39 is 23.5 Å². The lowest BCUT2D eigenvalue weighted by Gasteiger charge is -2.05. The van der Waals surface area contributed by atoms with Crippen LogP contribution in [0.3, 0.4) is 0 Å². The number of hydrogen-bond acceptors (Lipinski definition) is 4. The fraction of sp³-hybridized carbons (Fsp3) is 0.333. The molecule has 0 saturated heterocycles. The molecule has 1 N–H and O–H groups in total. The van der Waals surface area contributed by atoms with Gasteiger partial charge in [-0.15, -0.1) is 0 Å². The zero-order chi connectivity index (χ0) is 10.6. The number of halogens is 3. The standard InChI is InChI=1S/C6H5F3O4/c1-13-5(12)3(2-10)4(11)6(7,8)9/h2,10H,1H3/b3-2+. The van der Waals surface area contributed by atoms with E-state index in [2.05, 4.69) is 4.74 Å². The van der Waals surface area contributed by atoms with Gasteiger partial charge in [-0.3, -0.25) is 4.79 Å². The van der Waals surface area contributed by atoms with Gasteiger partial charge in [-0.05, 0) is 0 Å². The molecule has 0 radical (unpaired) electrons. The Balaban J connectivity index is 4.84. The van der Waals surface area contributed by atoms with Crippen LogP contribution in [0, 0.1) is 0 Å². The Morgan fingerprint density at radius 3 is 2.08 bits per heavy atom. The van der Waals surface area contributed by atoms with Crippen LogP contribution in [0.5, 0.6) is 0 Å². The van der Waals surface area contributed by atoms with Crippen molar-refractivity contribution in [3.63, 3.8) is 0 Å². The van der Waals surface area contributed by atoms with Gasteiger partial charge in [-0.2, -0.15) is 13.2 Å². The van der Waals surface area contributed by atoms with Crippen molar-refractivity contribution < 1.29 is 32.6 Å². The average Bonchev–Trinajstić information content (AvgIpc) is 2.03. The summed E-state index contributed by atoms with van der Waals surface area (Å²) in [5, 5.41) is 8.18. The number of ether oxygens (including phenoxy) is 1. The fourth-order valence-electron chi connectivity index (χ4n) is 0.467. The van der Waals surface area contributed by atoms with Crippen LogP contribution in [0.15, 0.2) is 11.8 Å². The molecule has 0 bridgehead atoms. The first-order valence-electron chi connectivity index (χ1n) is 2.88. The van der Waals surface area contributed by atoms with Crippen molar-refractivity contribution in [1.82, 2.24) is 0 Å². The van der Waals surface area contributed by atoms with E-state index in [0.29, 0.717) is 0 Å². The van der Waals surface area contributed by atoms with E-state index in [9.17, 15) is 22.8 Å². The Morgan fingerprint density at radius 2 is 1.85 bits per heavy atom. The second kappa shape index (κ2) is 3.92. The van der Waals surface area contributed by atoms with Crippen LogP contribution < -0.4 is 0 Å². The van der Waals surface area contributed by atoms with Gasteiger partial charge in [0.05, 0.1) is 13.4 Å². The normalized spacial score (nSPS) is 12.5. The highest BCUT2D eigenvalue weighted by Gasteiger charge is 2.43. The third-order valence-corrected chi connectivity index (χ3v) is 1.04. The van der Waals surface area contributed by atoms with Gasteiger partial charge in [0, 0.05) is 0 Å². The summed E-state index contributed by atoms with van der Waals surface area (Å²) in [5.74, 6) is -3.98. The number of methoxy groups -OCH3 is 1. The summed E-state index contributed by atoms with van der Waals surface area (Å²) in [5.41, 5.74) is -1.45. The molecule has 74 valence electrons. The van der Waals surface area contributed by atoms with Crippen molar-refractivity contribution >= 4 is 11.8 Å². The highest BCUT2D eigenvalue weighted by atomic mass is 19.4. The Morgan fingerprint density at radius 1 is 1.38 bits per heavy atom. The maximum Gasteiger partial charge on any atom is 0.455 e. The molecule has 0 aromatic rings. The van der Waals surface area contributed by atoms with Gasteiger partial charge in [0.2, 0.25) is 0 Å². The van der Waals surface area contributed by atoms with Gasteiger partial charge in [0.15, 0.2) is 0 Å². The summed E-state index contributed by atoms with van der Waals surface area (Å²) in [4.78, 5) is 20.8. The molecule has 4 nitrogen and oxygen atoms in total. The zero-order valence-electron chi connectivity index (χ0n) is 6.38. The summed E-state index contributed by atoms with van der Waals surface area (Å²) >= 11 is 0. The number of hydrogen-bond donors (Lipinski definition) is 1. The van der Waals surface area contributed by atoms with E-state index in [0.717, 1.165) is 7.11 Å². The summed E-state index contributed by atoms with van der Waals surface area (Å²) < 4.78 is 38.9. The van der Waals surface area contributed by atoms with Crippen LogP contribution in [-0.2, 0) is 14.3 Å². The molecule has 0 fully saturated rings. The second-order valence-electron chi connectivity index (χ2n) is 1.86. The molecule has 7 heteroatoms. The van der Waals surface area contributed by atoms with Crippen molar-refractivity contribution in [3.05, 3.63) is 11.8 Å². The molecule has 0 aliphatic rings. The molecule has 0 spiro atoms. The first-order valence-corrected chi connectivity index (χ1v) is 2.88. The number of Topliss-reactive ketones (excluding diaryl/α,β-unsaturated/α-hetero) is 1. The third kappa shape index (κ3) is 2.77. The lowest BCUT2D eigenvalue weighted by atomic mass is 10.2. The van der Waals surface area contributed by atoms with E-state index in [1.54, 1.807) is 0 Å². The number of esters is 1. The number of alkyl halides is 3. The highest BCUT2D eigenvalue weighted by molar-refractivity contribution is 6.19. The lowest BCUT2D eigenvalue weighted by Crippen LogP contribution is -2.28. The monoisotopic (exact) mass is 198 g/mol. The molecule has 0 saturated carbocycles. The number of carbonyl (C=O) groups excluding carboxylic acids is 2. The molecule has 0 aromatic carbocycles. The van der Waals surface area contributed by atoms with Crippen LogP contribution in [0.2, 0.25) is 0 Å². The van der Waals surface area contributed by atoms with E-state index in [4.69, 9.17) is 5.11 Å². The minimum absolute atomic E-state index is 0.234. The number of aliphatic hydroxyl groups is 1. The maximum atomic E-state index is 11.7. The molecule has 0 aliphatic carbocycles. The fourth-order valence-corrected chi connectivity index (χ4v) is 0.467. The Bertz CT molecular complexity index is 253. The summed E-state index contributed by atoms with van der Waals surface area (Å²) in [7, 11) is 0.787. The Kier molecular flexibility index (Phi) is 3.46. The third-order valence-electron chi connectivity index (χ3n) is 1.04. The van der Waals surface area contributed by atoms with Crippen LogP contribution in [-0.4, -0.2) is 30.1 Å². The number of aliphatic hydroxyl groups excluding tert-OH is 1. The van der Waals surface area contributed by atoms with E-state index in [1.165, 1.54) is 0 Å². The van der Waals surface area contributed by atoms with E-state index in [-0.39, 0.29) is 6.26 Å². The minimum atomic E-state index is -5.21. The van der Waals surface area contributed by atoms with Crippen molar-refractivity contribution in [1.29, 1.82) is 0 Å². The van der Waals surface area contributed by atoms with Crippen molar-refractivity contribution in [2.75, 3.05) is 7.11 Å². The first kappa shape index (κ1) is 11.5. The number of carbonyl (C=O) groups is 2. The van der Waals surface area contributed by atoms with Gasteiger partial charge in [-0.1, -0.05) is 0 Å². The number of ketones is 1. The largest absolute Gasteiger partial charge is 0.515 e. The lowest BCUT2D eigenvalue weighted by molar-refractivity contribution is -0.168. The van der Waals surface area contributed by atoms with Gasteiger partial charge >= 0.3 is 12.1 Å². The molecule has 0 aliphatic heterocycles. The Hall–Kier alpha value is -1.53. The summed E-state index contributed by atoms with van der Waals surface area (Å²) in [6, 6.07) is 0. The van der Waals surface area contributed by atoms with E-state index in [1.807, 2.05) is 0 Å². The smallest absolute Gasteiger partial charge is 0.455 e. The number of rotatable bonds is 2. The molecule has 0 rings (SSSR count). The van der Waals surface area contributed by atoms with Gasteiger partial charge in [0.25, 0.3) is 5.78 Å². The van der Waals surface area contributed by atoms with Crippen molar-refractivity contribution in [3.8, 4) is 0 Å². The average molecular weight is 198 g/mol.